The summed E-state index contributed by atoms with van der Waals surface area (Å²) in [6.45, 7) is 21.6. The lowest BCUT2D eigenvalue weighted by molar-refractivity contribution is -0.124. The number of halogens is 2. The average molecular weight is 889 g/mol. The number of hydrogen-bond acceptors (Lipinski definition) is 8. The van der Waals surface area contributed by atoms with E-state index >= 15 is 0 Å². The van der Waals surface area contributed by atoms with E-state index in [1.807, 2.05) is 0 Å². The summed E-state index contributed by atoms with van der Waals surface area (Å²) >= 11 is 23.1. The van der Waals surface area contributed by atoms with Gasteiger partial charge in [0.2, 0.25) is 21.4 Å². The van der Waals surface area contributed by atoms with Crippen LogP contribution in [0.4, 0.5) is 22.7 Å². The minimum atomic E-state index is -3.60. The molecule has 4 rings (SSSR count). The van der Waals surface area contributed by atoms with Gasteiger partial charge in [-0.25, -0.2) is 31.7 Å². The zero-order valence-electron chi connectivity index (χ0n) is 30.3. The predicted molar refractivity (Wildman–Crippen MR) is 234 cm³/mol. The van der Waals surface area contributed by atoms with Gasteiger partial charge in [0.25, 0.3) is 21.8 Å². The highest BCUT2D eigenvalue weighted by Gasteiger charge is 2.50. The number of thiocarbonyl (C=S) groups is 2. The van der Waals surface area contributed by atoms with E-state index in [0.29, 0.717) is 11.4 Å². The van der Waals surface area contributed by atoms with Crippen LogP contribution in [0.2, 0.25) is 10.0 Å². The van der Waals surface area contributed by atoms with Gasteiger partial charge < -0.3 is 14.7 Å². The van der Waals surface area contributed by atoms with Crippen LogP contribution in [0, 0.1) is 13.1 Å². The first-order chi connectivity index (χ1) is 24.9. The van der Waals surface area contributed by atoms with Crippen molar-refractivity contribution in [2.75, 3.05) is 48.5 Å². The molecule has 21 heteroatoms. The predicted octanol–water partition coefficient (Wildman–Crippen LogP) is 6.47. The van der Waals surface area contributed by atoms with E-state index in [-0.39, 0.29) is 95.7 Å². The minimum absolute atomic E-state index is 0. The van der Waals surface area contributed by atoms with Crippen molar-refractivity contribution in [3.8, 4) is 0 Å². The van der Waals surface area contributed by atoms with E-state index in [1.54, 1.807) is 63.7 Å². The van der Waals surface area contributed by atoms with Gasteiger partial charge in [-0.1, -0.05) is 50.2 Å². The Morgan fingerprint density at radius 3 is 1.48 bits per heavy atom. The summed E-state index contributed by atoms with van der Waals surface area (Å²) in [5, 5.41) is 6.00. The molecule has 0 radical (unpaired) electrons. The van der Waals surface area contributed by atoms with Crippen LogP contribution in [0.5, 0.6) is 0 Å². The molecular formula is C35H47Cl2N9O6S4. The fraction of sp³-hybridized carbons (Fsp3) is 0.457. The number of anilines is 2. The zero-order chi connectivity index (χ0) is 41.0. The quantitative estimate of drug-likeness (QED) is 0.108. The van der Waals surface area contributed by atoms with Gasteiger partial charge in [-0.05, 0) is 89.2 Å². The summed E-state index contributed by atoms with van der Waals surface area (Å²) in [5.41, 5.74) is -0.371. The lowest BCUT2D eigenvalue weighted by Crippen LogP contribution is -2.45. The number of primary sulfonamides is 1. The molecule has 0 unspecified atom stereocenters. The maximum Gasteiger partial charge on any atom is 0.258 e. The molecule has 0 spiro atoms. The van der Waals surface area contributed by atoms with Gasteiger partial charge in [0.1, 0.15) is 17.4 Å². The molecule has 0 aromatic heterocycles. The summed E-state index contributed by atoms with van der Waals surface area (Å²) < 4.78 is 49.8. The smallest absolute Gasteiger partial charge is 0.258 e. The van der Waals surface area contributed by atoms with Crippen LogP contribution in [0.25, 0.3) is 9.69 Å². The maximum atomic E-state index is 13.0. The van der Waals surface area contributed by atoms with Gasteiger partial charge in [0.15, 0.2) is 10.2 Å². The standard InChI is InChI=1S/C18H22ClN5O3S2.C15H17ClN4O3S2.2CH4/c1-18(2)16(25)24(13-7-8-15(20-3)14(19)11-13)17(28)23(18)9-6-10-29(26,27)21-12-22(4)5;1-15(2)13(21)20(10-5-6-12(18-3)11(16)9-10)14(24)19(15)7-4-8-25(17,22)23;;/h7-8,11-12H,6,9-10H2,1-2,4-5H3;5-6,9H,4,7-8H2,1-2H3,(H2,17,22,23);2*1H4. The summed E-state index contributed by atoms with van der Waals surface area (Å²) in [6, 6.07) is 9.32. The molecule has 2 heterocycles. The molecule has 2 amide bonds. The first kappa shape index (κ1) is 50.1. The molecule has 2 aromatic rings. The molecule has 0 bridgehead atoms. The number of carbonyl (C=O) groups is 2. The molecule has 56 heavy (non-hydrogen) atoms. The zero-order valence-corrected chi connectivity index (χ0v) is 35.1. The van der Waals surface area contributed by atoms with E-state index in [0.717, 1.165) is 0 Å². The highest BCUT2D eigenvalue weighted by Crippen LogP contribution is 2.37. The monoisotopic (exact) mass is 887 g/mol. The Labute approximate surface area is 351 Å². The topological polar surface area (TPSA) is 166 Å². The Hall–Kier alpha value is -3.95. The molecule has 2 aromatic carbocycles. The van der Waals surface area contributed by atoms with Gasteiger partial charge in [0, 0.05) is 37.2 Å². The Balaban J connectivity index is 0.000000546. The van der Waals surface area contributed by atoms with Crippen LogP contribution in [-0.2, 0) is 29.6 Å². The summed E-state index contributed by atoms with van der Waals surface area (Å²) in [5.74, 6) is -0.851. The average Bonchev–Trinajstić information content (AvgIpc) is 3.34. The van der Waals surface area contributed by atoms with Gasteiger partial charge in [-0.15, -0.1) is 0 Å². The number of nitrogens with zero attached hydrogens (tertiary/aromatic N) is 8. The minimum Gasteiger partial charge on any atom is -0.368 e. The van der Waals surface area contributed by atoms with E-state index in [1.165, 1.54) is 45.3 Å². The fourth-order valence-corrected chi connectivity index (χ4v) is 8.29. The molecule has 0 saturated carbocycles. The van der Waals surface area contributed by atoms with Crippen LogP contribution in [0.1, 0.15) is 55.4 Å². The van der Waals surface area contributed by atoms with E-state index in [4.69, 9.17) is 65.9 Å². The van der Waals surface area contributed by atoms with Crippen molar-refractivity contribution in [3.05, 3.63) is 69.3 Å². The number of benzene rings is 2. The summed E-state index contributed by atoms with van der Waals surface area (Å²) in [7, 11) is -3.82. The SMILES string of the molecule is C.C.[C-]#[N+]c1ccc(N2C(=O)C(C)(C)N(CCCS(=O)(=O)N=CN(C)C)C2=S)cc1Cl.[C-]#[N+]c1ccc(N2C(=O)C(C)(C)N(CCCS(N)(=O)=O)C2=S)cc1Cl. The molecule has 2 aliphatic rings. The van der Waals surface area contributed by atoms with Crippen molar-refractivity contribution < 1.29 is 26.4 Å². The molecule has 0 atom stereocenters. The number of amides is 2. The molecule has 2 N–H and O–H groups in total. The van der Waals surface area contributed by atoms with E-state index < -0.39 is 31.1 Å². The van der Waals surface area contributed by atoms with Crippen LogP contribution >= 0.6 is 47.6 Å². The first-order valence-corrected chi connectivity index (χ1v) is 20.9. The Bertz CT molecular complexity index is 2180. The Kier molecular flexibility index (Phi) is 17.4. The van der Waals surface area contributed by atoms with Crippen molar-refractivity contribution in [3.63, 3.8) is 0 Å². The highest BCUT2D eigenvalue weighted by atomic mass is 35.5. The Morgan fingerprint density at radius 2 is 1.16 bits per heavy atom. The lowest BCUT2D eigenvalue weighted by Gasteiger charge is -2.29. The molecule has 2 saturated heterocycles. The third kappa shape index (κ3) is 11.6. The molecular weight excluding hydrogens is 842 g/mol. The van der Waals surface area contributed by atoms with Gasteiger partial charge in [0.05, 0.1) is 36.0 Å². The van der Waals surface area contributed by atoms with Crippen molar-refractivity contribution in [1.82, 2.24) is 14.7 Å². The maximum absolute atomic E-state index is 13.0. The van der Waals surface area contributed by atoms with Crippen LogP contribution < -0.4 is 14.9 Å². The van der Waals surface area contributed by atoms with Gasteiger partial charge >= 0.3 is 0 Å². The Morgan fingerprint density at radius 1 is 0.786 bits per heavy atom. The van der Waals surface area contributed by atoms with Crippen molar-refractivity contribution in [2.24, 2.45) is 9.54 Å². The fourth-order valence-electron chi connectivity index (χ4n) is 5.38. The van der Waals surface area contributed by atoms with Crippen LogP contribution in [-0.4, -0.2) is 110 Å². The third-order valence-corrected chi connectivity index (χ3v) is 11.8. The van der Waals surface area contributed by atoms with Crippen molar-refractivity contribution >= 4 is 119 Å². The van der Waals surface area contributed by atoms with E-state index in [9.17, 15) is 26.4 Å². The van der Waals surface area contributed by atoms with Crippen LogP contribution in [0.15, 0.2) is 40.8 Å². The van der Waals surface area contributed by atoms with Gasteiger partial charge in [-0.2, -0.15) is 4.40 Å². The second kappa shape index (κ2) is 19.5. The molecule has 2 fully saturated rings. The number of sulfonamides is 2. The van der Waals surface area contributed by atoms with Crippen molar-refractivity contribution in [1.29, 1.82) is 0 Å². The molecule has 2 aliphatic heterocycles. The van der Waals surface area contributed by atoms with Crippen molar-refractivity contribution in [2.45, 2.75) is 66.5 Å². The van der Waals surface area contributed by atoms with E-state index in [2.05, 4.69) is 14.1 Å². The third-order valence-electron chi connectivity index (χ3n) is 8.30. The normalized spacial score (nSPS) is 16.2. The number of hydrogen-bond donors (Lipinski definition) is 1. The second-order valence-electron chi connectivity index (χ2n) is 13.3. The number of rotatable bonds is 12. The number of nitrogens with two attached hydrogens (primary N) is 1. The second-order valence-corrected chi connectivity index (χ2v) is 18.4. The molecule has 306 valence electrons. The van der Waals surface area contributed by atoms with Crippen LogP contribution in [0.3, 0.4) is 0 Å². The number of carbonyl (C=O) groups excluding carboxylic acids is 2. The summed E-state index contributed by atoms with van der Waals surface area (Å²) in [6.07, 6.45) is 1.75. The lowest BCUT2D eigenvalue weighted by atomic mass is 10.0. The summed E-state index contributed by atoms with van der Waals surface area (Å²) in [4.78, 5) is 40.1. The molecule has 15 nitrogen and oxygen atoms in total. The van der Waals surface area contributed by atoms with Gasteiger partial charge in [-0.3, -0.25) is 19.4 Å². The largest absolute Gasteiger partial charge is 0.368 e. The first-order valence-electron chi connectivity index (χ1n) is 16.0. The highest BCUT2D eigenvalue weighted by molar-refractivity contribution is 7.90. The molecule has 0 aliphatic carbocycles.